The van der Waals surface area contributed by atoms with E-state index in [9.17, 15) is 14.7 Å². The van der Waals surface area contributed by atoms with Gasteiger partial charge >= 0.3 is 29.6 Å². The number of benzene rings is 1. The van der Waals surface area contributed by atoms with Crippen LogP contribution in [0, 0.1) is 3.57 Å². The van der Waals surface area contributed by atoms with E-state index in [0.717, 1.165) is 3.57 Å². The SMILES string of the molecule is O=C([O-])CNC(=O)c1ccc([131I])cc1.[Na+]. The van der Waals surface area contributed by atoms with E-state index in [1.54, 1.807) is 24.3 Å². The van der Waals surface area contributed by atoms with Gasteiger partial charge in [0.25, 0.3) is 5.91 Å². The van der Waals surface area contributed by atoms with E-state index in [4.69, 9.17) is 0 Å². The molecule has 0 aliphatic carbocycles. The van der Waals surface area contributed by atoms with Crippen LogP contribution in [0.3, 0.4) is 0 Å². The maximum Gasteiger partial charge on any atom is 1.00 e. The predicted molar refractivity (Wildman–Crippen MR) is 56.5 cm³/mol. The van der Waals surface area contributed by atoms with Crippen LogP contribution >= 0.6 is 22.6 Å². The zero-order chi connectivity index (χ0) is 10.6. The van der Waals surface area contributed by atoms with Gasteiger partial charge in [-0.25, -0.2) is 0 Å². The molecule has 0 fully saturated rings. The van der Waals surface area contributed by atoms with Crippen molar-refractivity contribution >= 4 is 34.5 Å². The predicted octanol–water partition coefficient (Wildman–Crippen LogP) is -3.23. The molecule has 1 aromatic carbocycles. The van der Waals surface area contributed by atoms with Crippen LogP contribution in [0.2, 0.25) is 0 Å². The fourth-order valence-corrected chi connectivity index (χ4v) is 1.22. The Morgan fingerprint density at radius 2 is 1.80 bits per heavy atom. The van der Waals surface area contributed by atoms with Crippen LogP contribution in [0.5, 0.6) is 0 Å². The monoisotopic (exact) mass is 331 g/mol. The maximum absolute atomic E-state index is 11.3. The van der Waals surface area contributed by atoms with Crippen molar-refractivity contribution in [2.45, 2.75) is 0 Å². The Kier molecular flexibility index (Phi) is 7.16. The van der Waals surface area contributed by atoms with Gasteiger partial charge in [-0.15, -0.1) is 0 Å². The summed E-state index contributed by atoms with van der Waals surface area (Å²) >= 11 is 2.12. The van der Waals surface area contributed by atoms with Crippen molar-refractivity contribution in [3.8, 4) is 0 Å². The first kappa shape index (κ1) is 14.9. The normalized spacial score (nSPS) is 8.87. The molecule has 1 N–H and O–H groups in total. The summed E-state index contributed by atoms with van der Waals surface area (Å²) < 4.78 is 1.01. The minimum Gasteiger partial charge on any atom is -0.548 e. The molecule has 0 aliphatic heterocycles. The number of rotatable bonds is 3. The molecular formula is C9H7INNaO3. The molecule has 74 valence electrons. The Labute approximate surface area is 123 Å². The van der Waals surface area contributed by atoms with Crippen molar-refractivity contribution in [1.82, 2.24) is 5.32 Å². The van der Waals surface area contributed by atoms with Crippen molar-refractivity contribution in [2.75, 3.05) is 6.54 Å². The molecule has 0 saturated heterocycles. The number of carbonyl (C=O) groups excluding carboxylic acids is 2. The minimum atomic E-state index is -1.30. The van der Waals surface area contributed by atoms with Crippen LogP contribution in [0.4, 0.5) is 0 Å². The number of hydrogen-bond acceptors (Lipinski definition) is 3. The smallest absolute Gasteiger partial charge is 0.548 e. The van der Waals surface area contributed by atoms with Crippen molar-refractivity contribution in [2.24, 2.45) is 0 Å². The average molecular weight is 331 g/mol. The molecule has 15 heavy (non-hydrogen) atoms. The number of carbonyl (C=O) groups is 2. The van der Waals surface area contributed by atoms with Crippen LogP contribution < -0.4 is 40.0 Å². The van der Waals surface area contributed by atoms with Crippen molar-refractivity contribution in [1.29, 1.82) is 0 Å². The van der Waals surface area contributed by atoms with Gasteiger partial charge < -0.3 is 15.2 Å². The Bertz CT molecular complexity index is 353. The number of nitrogens with one attached hydrogen (secondary N) is 1. The van der Waals surface area contributed by atoms with Gasteiger partial charge in [0.05, 0.1) is 12.5 Å². The van der Waals surface area contributed by atoms with Gasteiger partial charge in [0.15, 0.2) is 0 Å². The van der Waals surface area contributed by atoms with E-state index in [2.05, 4.69) is 27.9 Å². The third-order valence-electron chi connectivity index (χ3n) is 1.50. The minimum absolute atomic E-state index is 0. The number of hydrogen-bond donors (Lipinski definition) is 1. The number of halogens is 1. The van der Waals surface area contributed by atoms with E-state index < -0.39 is 18.4 Å². The standard InChI is InChI=1S/C9H8INO3.Na/c10-7-3-1-6(2-4-7)9(14)11-5-8(12)13;/h1-4H,5H2,(H,11,14)(H,12,13);/q;+1/p-1/i10+4;. The van der Waals surface area contributed by atoms with Crippen LogP contribution in [0.1, 0.15) is 10.4 Å². The van der Waals surface area contributed by atoms with Gasteiger partial charge in [-0.05, 0) is 46.9 Å². The molecule has 0 unspecified atom stereocenters. The molecule has 1 aromatic rings. The summed E-state index contributed by atoms with van der Waals surface area (Å²) in [6, 6.07) is 6.81. The van der Waals surface area contributed by atoms with E-state index in [1.807, 2.05) is 0 Å². The largest absolute Gasteiger partial charge is 1.00 e. The van der Waals surface area contributed by atoms with E-state index >= 15 is 0 Å². The molecule has 0 aliphatic rings. The Hall–Kier alpha value is -0.110. The zero-order valence-electron chi connectivity index (χ0n) is 8.12. The summed E-state index contributed by atoms with van der Waals surface area (Å²) in [5.41, 5.74) is 0.437. The Morgan fingerprint density at radius 1 is 1.27 bits per heavy atom. The average Bonchev–Trinajstić information content (AvgIpc) is 2.15. The van der Waals surface area contributed by atoms with Crippen LogP contribution in [-0.4, -0.2) is 18.4 Å². The van der Waals surface area contributed by atoms with Crippen molar-refractivity contribution in [3.05, 3.63) is 33.4 Å². The molecular weight excluding hydrogens is 324 g/mol. The van der Waals surface area contributed by atoms with Crippen LogP contribution in [-0.2, 0) is 4.79 Å². The van der Waals surface area contributed by atoms with Gasteiger partial charge in [-0.1, -0.05) is 0 Å². The van der Waals surface area contributed by atoms with Gasteiger partial charge in [0.2, 0.25) is 0 Å². The quantitative estimate of drug-likeness (QED) is 0.468. The molecule has 0 saturated carbocycles. The van der Waals surface area contributed by atoms with Crippen LogP contribution in [0.25, 0.3) is 0 Å². The summed E-state index contributed by atoms with van der Waals surface area (Å²) in [5, 5.41) is 12.3. The van der Waals surface area contributed by atoms with Crippen LogP contribution in [0.15, 0.2) is 24.3 Å². The number of amides is 1. The first-order chi connectivity index (χ1) is 6.59. The first-order valence-electron chi connectivity index (χ1n) is 3.83. The molecule has 1 rings (SSSR count). The molecule has 0 aromatic heterocycles. The molecule has 6 heteroatoms. The second-order valence-corrected chi connectivity index (χ2v) is 3.81. The van der Waals surface area contributed by atoms with E-state index in [-0.39, 0.29) is 29.6 Å². The molecule has 0 radical (unpaired) electrons. The van der Waals surface area contributed by atoms with Crippen molar-refractivity contribution < 1.29 is 44.3 Å². The molecule has 4 nitrogen and oxygen atoms in total. The second-order valence-electron chi connectivity index (χ2n) is 2.56. The summed E-state index contributed by atoms with van der Waals surface area (Å²) in [6.07, 6.45) is 0. The maximum atomic E-state index is 11.3. The first-order valence-corrected chi connectivity index (χ1v) is 4.91. The summed E-state index contributed by atoms with van der Waals surface area (Å²) in [5.74, 6) is -1.71. The third-order valence-corrected chi connectivity index (χ3v) is 2.22. The second kappa shape index (κ2) is 7.21. The molecule has 0 atom stereocenters. The summed E-state index contributed by atoms with van der Waals surface area (Å²) in [6.45, 7) is -0.467. The van der Waals surface area contributed by atoms with E-state index in [1.165, 1.54) is 0 Å². The molecule has 1 amide bonds. The number of carboxylic acid groups (broad SMARTS) is 1. The number of aliphatic carboxylic acids is 1. The van der Waals surface area contributed by atoms with Crippen molar-refractivity contribution in [3.63, 3.8) is 0 Å². The molecule has 0 spiro atoms. The molecule has 0 bridgehead atoms. The Morgan fingerprint density at radius 3 is 2.27 bits per heavy atom. The topological polar surface area (TPSA) is 69.2 Å². The molecule has 0 heterocycles. The van der Waals surface area contributed by atoms with E-state index in [0.29, 0.717) is 5.56 Å². The third kappa shape index (κ3) is 5.50. The fraction of sp³-hybridized carbons (Fsp3) is 0.111. The van der Waals surface area contributed by atoms with Gasteiger partial charge in [0, 0.05) is 9.13 Å². The number of carboxylic acids is 1. The summed E-state index contributed by atoms with van der Waals surface area (Å²) in [7, 11) is 0. The zero-order valence-corrected chi connectivity index (χ0v) is 12.3. The summed E-state index contributed by atoms with van der Waals surface area (Å²) in [4.78, 5) is 21.3. The van der Waals surface area contributed by atoms with Gasteiger partial charge in [-0.2, -0.15) is 0 Å². The fourth-order valence-electron chi connectivity index (χ4n) is 0.856. The van der Waals surface area contributed by atoms with Gasteiger partial charge in [0.1, 0.15) is 0 Å². The Balaban J connectivity index is 0.00000196. The van der Waals surface area contributed by atoms with Gasteiger partial charge in [-0.3, -0.25) is 4.79 Å².